The van der Waals surface area contributed by atoms with Crippen LogP contribution >= 0.6 is 0 Å². The van der Waals surface area contributed by atoms with Crippen LogP contribution in [0.25, 0.3) is 0 Å². The lowest BCUT2D eigenvalue weighted by molar-refractivity contribution is 0.0951. The van der Waals surface area contributed by atoms with Crippen molar-refractivity contribution in [3.8, 4) is 17.6 Å². The SMILES string of the molecule is COc1ccc(CC#Cc2cccc(C(=O)NCc3ccc(S(C)(=O)=O)cc3)c2)cc1. The van der Waals surface area contributed by atoms with Crippen LogP contribution in [0.2, 0.25) is 0 Å². The zero-order valence-corrected chi connectivity index (χ0v) is 18.2. The second-order valence-electron chi connectivity index (χ2n) is 7.01. The Morgan fingerprint density at radius 3 is 2.29 bits per heavy atom. The maximum Gasteiger partial charge on any atom is 0.251 e. The summed E-state index contributed by atoms with van der Waals surface area (Å²) in [5.74, 6) is 6.81. The van der Waals surface area contributed by atoms with Gasteiger partial charge in [0.1, 0.15) is 5.75 Å². The summed E-state index contributed by atoms with van der Waals surface area (Å²) in [5.41, 5.74) is 3.18. The van der Waals surface area contributed by atoms with Crippen molar-refractivity contribution >= 4 is 15.7 Å². The number of hydrogen-bond donors (Lipinski definition) is 1. The predicted molar refractivity (Wildman–Crippen MR) is 121 cm³/mol. The van der Waals surface area contributed by atoms with Gasteiger partial charge in [-0.3, -0.25) is 4.79 Å². The number of ether oxygens (including phenoxy) is 1. The second-order valence-corrected chi connectivity index (χ2v) is 9.02. The van der Waals surface area contributed by atoms with Gasteiger partial charge in [-0.2, -0.15) is 0 Å². The largest absolute Gasteiger partial charge is 0.497 e. The maximum atomic E-state index is 12.5. The van der Waals surface area contributed by atoms with Gasteiger partial charge in [0.25, 0.3) is 5.91 Å². The first-order valence-electron chi connectivity index (χ1n) is 9.64. The summed E-state index contributed by atoms with van der Waals surface area (Å²) in [5, 5.41) is 2.84. The Morgan fingerprint density at radius 1 is 0.968 bits per heavy atom. The Labute approximate surface area is 183 Å². The Bertz CT molecular complexity index is 1220. The fraction of sp³-hybridized carbons (Fsp3) is 0.160. The normalized spacial score (nSPS) is 10.6. The molecule has 158 valence electrons. The Hall–Kier alpha value is -3.56. The lowest BCUT2D eigenvalue weighted by atomic mass is 10.1. The van der Waals surface area contributed by atoms with E-state index in [2.05, 4.69) is 17.2 Å². The van der Waals surface area contributed by atoms with Crippen molar-refractivity contribution in [1.29, 1.82) is 0 Å². The highest BCUT2D eigenvalue weighted by atomic mass is 32.2. The van der Waals surface area contributed by atoms with Crippen molar-refractivity contribution in [2.75, 3.05) is 13.4 Å². The van der Waals surface area contributed by atoms with Gasteiger partial charge in [0, 0.05) is 30.3 Å². The fourth-order valence-electron chi connectivity index (χ4n) is 2.87. The van der Waals surface area contributed by atoms with Gasteiger partial charge in [-0.05, 0) is 53.6 Å². The van der Waals surface area contributed by atoms with Gasteiger partial charge in [0.15, 0.2) is 9.84 Å². The first-order valence-corrected chi connectivity index (χ1v) is 11.5. The molecule has 3 rings (SSSR count). The van der Waals surface area contributed by atoms with Gasteiger partial charge in [-0.15, -0.1) is 0 Å². The molecule has 0 spiro atoms. The number of carbonyl (C=O) groups is 1. The van der Waals surface area contributed by atoms with Gasteiger partial charge in [-0.25, -0.2) is 8.42 Å². The van der Waals surface area contributed by atoms with Gasteiger partial charge in [-0.1, -0.05) is 42.2 Å². The van der Waals surface area contributed by atoms with E-state index in [1.807, 2.05) is 30.3 Å². The van der Waals surface area contributed by atoms with E-state index in [1.165, 1.54) is 12.1 Å². The van der Waals surface area contributed by atoms with Crippen LogP contribution in [0.3, 0.4) is 0 Å². The highest BCUT2D eigenvalue weighted by Crippen LogP contribution is 2.12. The summed E-state index contributed by atoms with van der Waals surface area (Å²) in [6, 6.07) is 21.4. The molecule has 0 saturated heterocycles. The molecule has 0 heterocycles. The highest BCUT2D eigenvalue weighted by molar-refractivity contribution is 7.90. The van der Waals surface area contributed by atoms with Crippen LogP contribution in [0, 0.1) is 11.8 Å². The number of hydrogen-bond acceptors (Lipinski definition) is 4. The topological polar surface area (TPSA) is 72.5 Å². The molecule has 0 aliphatic rings. The van der Waals surface area contributed by atoms with Crippen molar-refractivity contribution in [2.45, 2.75) is 17.9 Å². The van der Waals surface area contributed by atoms with E-state index in [1.54, 1.807) is 37.4 Å². The fourth-order valence-corrected chi connectivity index (χ4v) is 3.50. The van der Waals surface area contributed by atoms with Crippen LogP contribution in [0.5, 0.6) is 5.75 Å². The first-order chi connectivity index (χ1) is 14.8. The zero-order chi connectivity index (χ0) is 22.3. The van der Waals surface area contributed by atoms with E-state index in [0.717, 1.165) is 28.7 Å². The first kappa shape index (κ1) is 22.1. The molecule has 3 aromatic rings. The molecule has 0 aliphatic heterocycles. The van der Waals surface area contributed by atoms with Crippen molar-refractivity contribution < 1.29 is 17.9 Å². The van der Waals surface area contributed by atoms with Gasteiger partial charge in [0.05, 0.1) is 12.0 Å². The number of nitrogens with one attached hydrogen (secondary N) is 1. The number of benzene rings is 3. The molecule has 6 heteroatoms. The van der Waals surface area contributed by atoms with Crippen molar-refractivity contribution in [2.24, 2.45) is 0 Å². The quantitative estimate of drug-likeness (QED) is 0.603. The van der Waals surface area contributed by atoms with Crippen LogP contribution in [-0.4, -0.2) is 27.7 Å². The number of sulfone groups is 1. The third-order valence-electron chi connectivity index (χ3n) is 4.61. The summed E-state index contributed by atoms with van der Waals surface area (Å²) in [7, 11) is -1.60. The second kappa shape index (κ2) is 9.96. The van der Waals surface area contributed by atoms with Crippen molar-refractivity contribution in [3.05, 3.63) is 95.1 Å². The van der Waals surface area contributed by atoms with Crippen LogP contribution in [0.15, 0.2) is 77.7 Å². The Kier molecular flexibility index (Phi) is 7.11. The molecule has 0 fully saturated rings. The monoisotopic (exact) mass is 433 g/mol. The third-order valence-corrected chi connectivity index (χ3v) is 5.74. The molecule has 0 unspecified atom stereocenters. The molecule has 0 aromatic heterocycles. The highest BCUT2D eigenvalue weighted by Gasteiger charge is 2.08. The van der Waals surface area contributed by atoms with Crippen LogP contribution in [-0.2, 0) is 22.8 Å². The minimum Gasteiger partial charge on any atom is -0.497 e. The minimum absolute atomic E-state index is 0.217. The maximum absolute atomic E-state index is 12.5. The number of methoxy groups -OCH3 is 1. The molecule has 1 N–H and O–H groups in total. The lowest BCUT2D eigenvalue weighted by Crippen LogP contribution is -2.22. The predicted octanol–water partition coefficient (Wildman–Crippen LogP) is 3.62. The summed E-state index contributed by atoms with van der Waals surface area (Å²) in [4.78, 5) is 12.7. The Morgan fingerprint density at radius 2 is 1.65 bits per heavy atom. The van der Waals surface area contributed by atoms with E-state index in [-0.39, 0.29) is 10.8 Å². The smallest absolute Gasteiger partial charge is 0.251 e. The van der Waals surface area contributed by atoms with Gasteiger partial charge in [0.2, 0.25) is 0 Å². The molecular weight excluding hydrogens is 410 g/mol. The molecule has 1 amide bonds. The molecule has 0 aliphatic carbocycles. The van der Waals surface area contributed by atoms with E-state index < -0.39 is 9.84 Å². The number of amides is 1. The molecule has 0 bridgehead atoms. The standard InChI is InChI=1S/C25H23NO4S/c1-30-23-13-9-19(10-14-23)5-3-6-20-7-4-8-22(17-20)25(27)26-18-21-11-15-24(16-12-21)31(2,28)29/h4,7-17H,5,18H2,1-2H3,(H,26,27). The van der Waals surface area contributed by atoms with Crippen molar-refractivity contribution in [1.82, 2.24) is 5.32 Å². The molecule has 0 atom stereocenters. The zero-order valence-electron chi connectivity index (χ0n) is 17.4. The van der Waals surface area contributed by atoms with E-state index in [4.69, 9.17) is 4.74 Å². The van der Waals surface area contributed by atoms with E-state index in [0.29, 0.717) is 18.5 Å². The molecule has 31 heavy (non-hydrogen) atoms. The van der Waals surface area contributed by atoms with Crippen LogP contribution < -0.4 is 10.1 Å². The molecule has 0 radical (unpaired) electrons. The number of rotatable bonds is 6. The van der Waals surface area contributed by atoms with E-state index in [9.17, 15) is 13.2 Å². The van der Waals surface area contributed by atoms with Crippen LogP contribution in [0.1, 0.15) is 27.0 Å². The lowest BCUT2D eigenvalue weighted by Gasteiger charge is -2.07. The van der Waals surface area contributed by atoms with Crippen molar-refractivity contribution in [3.63, 3.8) is 0 Å². The summed E-state index contributed by atoms with van der Waals surface area (Å²) in [6.45, 7) is 0.302. The average Bonchev–Trinajstić information content (AvgIpc) is 2.78. The Balaban J connectivity index is 1.59. The summed E-state index contributed by atoms with van der Waals surface area (Å²) in [6.07, 6.45) is 1.76. The molecule has 0 saturated carbocycles. The van der Waals surface area contributed by atoms with Gasteiger partial charge >= 0.3 is 0 Å². The average molecular weight is 434 g/mol. The third kappa shape index (κ3) is 6.46. The number of carbonyl (C=O) groups excluding carboxylic acids is 1. The van der Waals surface area contributed by atoms with Gasteiger partial charge < -0.3 is 10.1 Å². The van der Waals surface area contributed by atoms with E-state index >= 15 is 0 Å². The molecular formula is C25H23NO4S. The minimum atomic E-state index is -3.23. The molecule has 3 aromatic carbocycles. The molecule has 5 nitrogen and oxygen atoms in total. The summed E-state index contributed by atoms with van der Waals surface area (Å²) >= 11 is 0. The van der Waals surface area contributed by atoms with Crippen LogP contribution in [0.4, 0.5) is 0 Å². The summed E-state index contributed by atoms with van der Waals surface area (Å²) < 4.78 is 28.2.